The Bertz CT molecular complexity index is 1300. The van der Waals surface area contributed by atoms with Crippen molar-refractivity contribution in [3.63, 3.8) is 0 Å². The highest BCUT2D eigenvalue weighted by Gasteiger charge is 2.35. The summed E-state index contributed by atoms with van der Waals surface area (Å²) in [6.45, 7) is 7.38. The van der Waals surface area contributed by atoms with Crippen molar-refractivity contribution < 1.29 is 37.8 Å². The second-order valence-corrected chi connectivity index (χ2v) is 11.2. The molecule has 0 spiro atoms. The number of hydrogen-bond acceptors (Lipinski definition) is 8. The van der Waals surface area contributed by atoms with Crippen LogP contribution in [0, 0.1) is 5.82 Å². The Balaban J connectivity index is 1.48. The van der Waals surface area contributed by atoms with Crippen LogP contribution in [0.25, 0.3) is 0 Å². The van der Waals surface area contributed by atoms with Gasteiger partial charge in [0.1, 0.15) is 29.9 Å². The standard InChI is InChI=1S/C30H37FN4O7/c1-21(36)10-12-24-19-33(27(37)41-24)23-11-13-26(25(31)18-23)32-14-16-34(28(38)40-20-22-8-6-5-7-9-22)35(17-15-32)29(39)42-30(2,3)4/h5-9,11,13,18,24H,10,12,14-17,19-20H2,1-4H3/t24-/m0/s1. The number of anilines is 2. The number of Topliss-reactive ketones (excluding diaryl/α,β-unsaturated/α-hetero) is 1. The van der Waals surface area contributed by atoms with E-state index in [1.807, 2.05) is 30.3 Å². The highest BCUT2D eigenvalue weighted by molar-refractivity contribution is 5.90. The van der Waals surface area contributed by atoms with Gasteiger partial charge in [-0.2, -0.15) is 0 Å². The summed E-state index contributed by atoms with van der Waals surface area (Å²) < 4.78 is 31.8. The first-order valence-electron chi connectivity index (χ1n) is 13.9. The fourth-order valence-corrected chi connectivity index (χ4v) is 4.68. The number of ether oxygens (including phenoxy) is 3. The van der Waals surface area contributed by atoms with Gasteiger partial charge in [0.05, 0.1) is 31.0 Å². The van der Waals surface area contributed by atoms with Gasteiger partial charge in [-0.25, -0.2) is 28.8 Å². The normalized spacial score (nSPS) is 17.5. The van der Waals surface area contributed by atoms with Crippen LogP contribution in [0.2, 0.25) is 0 Å². The number of ketones is 1. The molecule has 2 aromatic rings. The van der Waals surface area contributed by atoms with E-state index in [1.54, 1.807) is 37.8 Å². The monoisotopic (exact) mass is 584 g/mol. The summed E-state index contributed by atoms with van der Waals surface area (Å²) in [7, 11) is 0. The van der Waals surface area contributed by atoms with Crippen LogP contribution in [-0.4, -0.2) is 78.5 Å². The fraction of sp³-hybridized carbons (Fsp3) is 0.467. The lowest BCUT2D eigenvalue weighted by Crippen LogP contribution is -2.52. The molecule has 2 aromatic carbocycles. The van der Waals surface area contributed by atoms with Crippen LogP contribution < -0.4 is 9.80 Å². The average molecular weight is 585 g/mol. The lowest BCUT2D eigenvalue weighted by Gasteiger charge is -2.33. The minimum atomic E-state index is -0.799. The molecule has 0 N–H and O–H groups in total. The number of halogens is 1. The second-order valence-electron chi connectivity index (χ2n) is 11.2. The fourth-order valence-electron chi connectivity index (χ4n) is 4.68. The van der Waals surface area contributed by atoms with E-state index in [-0.39, 0.29) is 50.8 Å². The Morgan fingerprint density at radius 1 is 0.976 bits per heavy atom. The summed E-state index contributed by atoms with van der Waals surface area (Å²) in [6.07, 6.45) is -1.78. The Morgan fingerprint density at radius 3 is 2.26 bits per heavy atom. The minimum absolute atomic E-state index is 0.00519. The Hall–Kier alpha value is -4.35. The topological polar surface area (TPSA) is 109 Å². The van der Waals surface area contributed by atoms with Crippen LogP contribution in [-0.2, 0) is 25.6 Å². The third-order valence-electron chi connectivity index (χ3n) is 6.75. The minimum Gasteiger partial charge on any atom is -0.444 e. The molecule has 11 nitrogen and oxygen atoms in total. The predicted molar refractivity (Wildman–Crippen MR) is 152 cm³/mol. The molecular formula is C30H37FN4O7. The van der Waals surface area contributed by atoms with Gasteiger partial charge in [0, 0.05) is 19.5 Å². The van der Waals surface area contributed by atoms with Gasteiger partial charge in [0.2, 0.25) is 0 Å². The zero-order valence-corrected chi connectivity index (χ0v) is 24.4. The molecule has 12 heteroatoms. The molecule has 4 rings (SSSR count). The molecule has 226 valence electrons. The van der Waals surface area contributed by atoms with Crippen LogP contribution in [0.5, 0.6) is 0 Å². The molecule has 0 bridgehead atoms. The lowest BCUT2D eigenvalue weighted by molar-refractivity contribution is -0.117. The van der Waals surface area contributed by atoms with Crippen molar-refractivity contribution in [2.45, 2.75) is 58.8 Å². The predicted octanol–water partition coefficient (Wildman–Crippen LogP) is 5.13. The zero-order valence-electron chi connectivity index (χ0n) is 24.4. The van der Waals surface area contributed by atoms with Crippen molar-refractivity contribution in [2.24, 2.45) is 0 Å². The van der Waals surface area contributed by atoms with E-state index in [0.29, 0.717) is 18.5 Å². The van der Waals surface area contributed by atoms with Crippen molar-refractivity contribution in [3.05, 3.63) is 59.9 Å². The molecule has 0 radical (unpaired) electrons. The van der Waals surface area contributed by atoms with Gasteiger partial charge in [-0.1, -0.05) is 30.3 Å². The summed E-state index contributed by atoms with van der Waals surface area (Å²) in [5.74, 6) is -0.568. The summed E-state index contributed by atoms with van der Waals surface area (Å²) >= 11 is 0. The Labute approximate surface area is 244 Å². The number of hydrazine groups is 1. The molecule has 0 aliphatic carbocycles. The first-order chi connectivity index (χ1) is 19.9. The van der Waals surface area contributed by atoms with Gasteiger partial charge in [-0.3, -0.25) is 4.90 Å². The molecule has 0 saturated carbocycles. The second kappa shape index (κ2) is 13.1. The maximum atomic E-state index is 15.5. The van der Waals surface area contributed by atoms with Gasteiger partial charge in [0.25, 0.3) is 0 Å². The number of rotatable bonds is 7. The van der Waals surface area contributed by atoms with Crippen LogP contribution in [0.3, 0.4) is 0 Å². The first kappa shape index (κ1) is 30.6. The Morgan fingerprint density at radius 2 is 1.64 bits per heavy atom. The van der Waals surface area contributed by atoms with Crippen LogP contribution >= 0.6 is 0 Å². The SMILES string of the molecule is CC(=O)CC[C@H]1CN(c2ccc(N3CCN(C(=O)OCc4ccccc4)N(C(=O)OC(C)(C)C)CC3)c(F)c2)C(=O)O1. The van der Waals surface area contributed by atoms with Gasteiger partial charge in [-0.05, 0) is 57.9 Å². The molecule has 42 heavy (non-hydrogen) atoms. The third kappa shape index (κ3) is 7.89. The van der Waals surface area contributed by atoms with E-state index in [2.05, 4.69) is 0 Å². The summed E-state index contributed by atoms with van der Waals surface area (Å²) in [4.78, 5) is 53.0. The highest BCUT2D eigenvalue weighted by Crippen LogP contribution is 2.29. The molecule has 2 saturated heterocycles. The van der Waals surface area contributed by atoms with Crippen molar-refractivity contribution >= 4 is 35.4 Å². The number of carbonyl (C=O) groups excluding carboxylic acids is 4. The number of amides is 3. The largest absolute Gasteiger partial charge is 0.444 e. The first-order valence-corrected chi connectivity index (χ1v) is 13.9. The van der Waals surface area contributed by atoms with E-state index >= 15 is 4.39 Å². The van der Waals surface area contributed by atoms with Gasteiger partial charge in [-0.15, -0.1) is 0 Å². The molecular weight excluding hydrogens is 547 g/mol. The summed E-state index contributed by atoms with van der Waals surface area (Å²) in [5, 5.41) is 2.37. The van der Waals surface area contributed by atoms with Gasteiger partial charge >= 0.3 is 18.3 Å². The molecule has 2 aliphatic rings. The molecule has 0 aromatic heterocycles. The van der Waals surface area contributed by atoms with E-state index in [0.717, 1.165) is 5.56 Å². The van der Waals surface area contributed by atoms with Crippen molar-refractivity contribution in [1.82, 2.24) is 10.0 Å². The molecule has 2 aliphatic heterocycles. The van der Waals surface area contributed by atoms with Gasteiger partial charge < -0.3 is 23.9 Å². The quantitative estimate of drug-likeness (QED) is 0.412. The average Bonchev–Trinajstić information content (AvgIpc) is 3.16. The maximum absolute atomic E-state index is 15.5. The van der Waals surface area contributed by atoms with E-state index < -0.39 is 35.8 Å². The zero-order chi connectivity index (χ0) is 30.4. The summed E-state index contributed by atoms with van der Waals surface area (Å²) in [5.41, 5.74) is 0.582. The number of benzene rings is 2. The molecule has 0 unspecified atom stereocenters. The van der Waals surface area contributed by atoms with Crippen molar-refractivity contribution in [1.29, 1.82) is 0 Å². The van der Waals surface area contributed by atoms with E-state index in [4.69, 9.17) is 14.2 Å². The number of carbonyl (C=O) groups is 4. The maximum Gasteiger partial charge on any atom is 0.429 e. The molecule has 3 amide bonds. The summed E-state index contributed by atoms with van der Waals surface area (Å²) in [6, 6.07) is 13.6. The van der Waals surface area contributed by atoms with Crippen molar-refractivity contribution in [3.8, 4) is 0 Å². The molecule has 1 atom stereocenters. The van der Waals surface area contributed by atoms with Crippen LogP contribution in [0.4, 0.5) is 30.1 Å². The van der Waals surface area contributed by atoms with E-state index in [1.165, 1.54) is 27.9 Å². The van der Waals surface area contributed by atoms with Crippen molar-refractivity contribution in [2.75, 3.05) is 42.5 Å². The molecule has 2 heterocycles. The Kier molecular flexibility index (Phi) is 9.54. The lowest BCUT2D eigenvalue weighted by atomic mass is 10.1. The van der Waals surface area contributed by atoms with E-state index in [9.17, 15) is 19.2 Å². The number of cyclic esters (lactones) is 1. The third-order valence-corrected chi connectivity index (χ3v) is 6.75. The van der Waals surface area contributed by atoms with Crippen LogP contribution in [0.15, 0.2) is 48.5 Å². The number of hydrogen-bond donors (Lipinski definition) is 0. The number of nitrogens with zero attached hydrogens (tertiary/aromatic N) is 4. The highest BCUT2D eigenvalue weighted by atomic mass is 19.1. The van der Waals surface area contributed by atoms with Crippen LogP contribution in [0.1, 0.15) is 46.1 Å². The smallest absolute Gasteiger partial charge is 0.429 e. The molecule has 2 fully saturated rings. The van der Waals surface area contributed by atoms with Gasteiger partial charge in [0.15, 0.2) is 0 Å².